The SMILES string of the molecule is O=C(Nc1ccc(Cl)c(F)c1)c1ccc2c(c1)NCC2. The summed E-state index contributed by atoms with van der Waals surface area (Å²) in [4.78, 5) is 12.1. The summed E-state index contributed by atoms with van der Waals surface area (Å²) in [5.74, 6) is -0.830. The van der Waals surface area contributed by atoms with Crippen LogP contribution in [-0.4, -0.2) is 12.5 Å². The van der Waals surface area contributed by atoms with E-state index < -0.39 is 5.82 Å². The van der Waals surface area contributed by atoms with Crippen molar-refractivity contribution in [1.82, 2.24) is 0 Å². The molecule has 1 aliphatic heterocycles. The van der Waals surface area contributed by atoms with E-state index in [0.717, 1.165) is 18.7 Å². The molecule has 20 heavy (non-hydrogen) atoms. The van der Waals surface area contributed by atoms with Gasteiger partial charge in [0, 0.05) is 23.5 Å². The third kappa shape index (κ3) is 2.47. The highest BCUT2D eigenvalue weighted by molar-refractivity contribution is 6.30. The molecule has 1 heterocycles. The van der Waals surface area contributed by atoms with Gasteiger partial charge in [-0.25, -0.2) is 4.39 Å². The van der Waals surface area contributed by atoms with Gasteiger partial charge in [-0.2, -0.15) is 0 Å². The van der Waals surface area contributed by atoms with Crippen molar-refractivity contribution in [2.45, 2.75) is 6.42 Å². The first kappa shape index (κ1) is 12.9. The minimum absolute atomic E-state index is 0.0322. The normalized spacial score (nSPS) is 12.7. The second-order valence-corrected chi connectivity index (χ2v) is 5.04. The van der Waals surface area contributed by atoms with Gasteiger partial charge in [0.05, 0.1) is 5.02 Å². The first-order valence-electron chi connectivity index (χ1n) is 6.27. The molecule has 1 amide bonds. The highest BCUT2D eigenvalue weighted by Gasteiger charge is 2.14. The second-order valence-electron chi connectivity index (χ2n) is 4.63. The van der Waals surface area contributed by atoms with Gasteiger partial charge >= 0.3 is 0 Å². The van der Waals surface area contributed by atoms with Crippen LogP contribution in [0.4, 0.5) is 15.8 Å². The molecule has 1 aliphatic rings. The number of hydrogen-bond donors (Lipinski definition) is 2. The lowest BCUT2D eigenvalue weighted by Gasteiger charge is -2.07. The quantitative estimate of drug-likeness (QED) is 0.885. The van der Waals surface area contributed by atoms with Gasteiger partial charge in [0.15, 0.2) is 0 Å². The van der Waals surface area contributed by atoms with Crippen LogP contribution in [-0.2, 0) is 6.42 Å². The fourth-order valence-electron chi connectivity index (χ4n) is 2.21. The van der Waals surface area contributed by atoms with Crippen LogP contribution in [0, 0.1) is 5.82 Å². The van der Waals surface area contributed by atoms with Gasteiger partial charge in [-0.15, -0.1) is 0 Å². The third-order valence-electron chi connectivity index (χ3n) is 3.26. The Kier molecular flexibility index (Phi) is 3.32. The smallest absolute Gasteiger partial charge is 0.255 e. The second kappa shape index (κ2) is 5.13. The summed E-state index contributed by atoms with van der Waals surface area (Å²) < 4.78 is 13.3. The molecule has 2 N–H and O–H groups in total. The Morgan fingerprint density at radius 1 is 1.25 bits per heavy atom. The molecule has 0 atom stereocenters. The molecule has 0 saturated carbocycles. The molecule has 2 aromatic rings. The number of amides is 1. The molecule has 0 bridgehead atoms. The number of nitrogens with one attached hydrogen (secondary N) is 2. The fourth-order valence-corrected chi connectivity index (χ4v) is 2.33. The maximum atomic E-state index is 13.3. The van der Waals surface area contributed by atoms with E-state index in [9.17, 15) is 9.18 Å². The van der Waals surface area contributed by atoms with E-state index in [0.29, 0.717) is 11.3 Å². The monoisotopic (exact) mass is 290 g/mol. The highest BCUT2D eigenvalue weighted by atomic mass is 35.5. The van der Waals surface area contributed by atoms with Crippen LogP contribution in [0.3, 0.4) is 0 Å². The van der Waals surface area contributed by atoms with Crippen LogP contribution in [0.15, 0.2) is 36.4 Å². The number of anilines is 2. The Balaban J connectivity index is 1.80. The number of carbonyl (C=O) groups is 1. The molecule has 0 fully saturated rings. The summed E-state index contributed by atoms with van der Waals surface area (Å²) in [5, 5.41) is 5.90. The largest absolute Gasteiger partial charge is 0.384 e. The fraction of sp³-hybridized carbons (Fsp3) is 0.133. The minimum atomic E-state index is -0.555. The molecule has 0 unspecified atom stereocenters. The zero-order valence-electron chi connectivity index (χ0n) is 10.5. The summed E-state index contributed by atoms with van der Waals surface area (Å²) in [6, 6.07) is 9.70. The molecule has 3 rings (SSSR count). The van der Waals surface area contributed by atoms with Crippen molar-refractivity contribution in [2.75, 3.05) is 17.2 Å². The molecule has 3 nitrogen and oxygen atoms in total. The predicted octanol–water partition coefficient (Wildman–Crippen LogP) is 3.70. The average molecular weight is 291 g/mol. The lowest BCUT2D eigenvalue weighted by atomic mass is 10.1. The number of carbonyl (C=O) groups excluding carboxylic acids is 1. The van der Waals surface area contributed by atoms with Gasteiger partial charge in [-0.1, -0.05) is 17.7 Å². The molecule has 0 spiro atoms. The number of benzene rings is 2. The molecule has 0 saturated heterocycles. The summed E-state index contributed by atoms with van der Waals surface area (Å²) in [6.07, 6.45) is 0.972. The first-order chi connectivity index (χ1) is 9.63. The zero-order chi connectivity index (χ0) is 14.1. The summed E-state index contributed by atoms with van der Waals surface area (Å²) in [5.41, 5.74) is 3.11. The topological polar surface area (TPSA) is 41.1 Å². The van der Waals surface area contributed by atoms with Crippen LogP contribution in [0.1, 0.15) is 15.9 Å². The van der Waals surface area contributed by atoms with E-state index in [2.05, 4.69) is 10.6 Å². The van der Waals surface area contributed by atoms with Crippen LogP contribution < -0.4 is 10.6 Å². The van der Waals surface area contributed by atoms with Crippen LogP contribution in [0.25, 0.3) is 0 Å². The van der Waals surface area contributed by atoms with Crippen LogP contribution in [0.2, 0.25) is 5.02 Å². The molecule has 102 valence electrons. The maximum Gasteiger partial charge on any atom is 0.255 e. The molecule has 0 aliphatic carbocycles. The number of halogens is 2. The Labute approximate surface area is 120 Å². The van der Waals surface area contributed by atoms with Crippen molar-refractivity contribution in [3.63, 3.8) is 0 Å². The number of fused-ring (bicyclic) bond motifs is 1. The first-order valence-corrected chi connectivity index (χ1v) is 6.64. The van der Waals surface area contributed by atoms with E-state index in [4.69, 9.17) is 11.6 Å². The Bertz CT molecular complexity index is 688. The average Bonchev–Trinajstić information content (AvgIpc) is 2.90. The van der Waals surface area contributed by atoms with E-state index >= 15 is 0 Å². The van der Waals surface area contributed by atoms with Gasteiger partial charge < -0.3 is 10.6 Å². The molecule has 2 aromatic carbocycles. The highest BCUT2D eigenvalue weighted by Crippen LogP contribution is 2.24. The third-order valence-corrected chi connectivity index (χ3v) is 3.57. The van der Waals surface area contributed by atoms with Gasteiger partial charge in [0.25, 0.3) is 5.91 Å². The number of rotatable bonds is 2. The number of hydrogen-bond acceptors (Lipinski definition) is 2. The van der Waals surface area contributed by atoms with E-state index in [-0.39, 0.29) is 10.9 Å². The van der Waals surface area contributed by atoms with E-state index in [1.165, 1.54) is 17.7 Å². The Morgan fingerprint density at radius 2 is 2.10 bits per heavy atom. The zero-order valence-corrected chi connectivity index (χ0v) is 11.3. The lowest BCUT2D eigenvalue weighted by Crippen LogP contribution is -2.12. The molecule has 0 radical (unpaired) electrons. The molecule has 0 aromatic heterocycles. The summed E-state index contributed by atoms with van der Waals surface area (Å²) >= 11 is 5.60. The van der Waals surface area contributed by atoms with Gasteiger partial charge in [-0.05, 0) is 42.3 Å². The van der Waals surface area contributed by atoms with Crippen molar-refractivity contribution < 1.29 is 9.18 Å². The van der Waals surface area contributed by atoms with Crippen LogP contribution >= 0.6 is 11.6 Å². The van der Waals surface area contributed by atoms with Crippen LogP contribution in [0.5, 0.6) is 0 Å². The molecular formula is C15H12ClFN2O. The minimum Gasteiger partial charge on any atom is -0.384 e. The van der Waals surface area contributed by atoms with Gasteiger partial charge in [0.1, 0.15) is 5.82 Å². The molecular weight excluding hydrogens is 279 g/mol. The lowest BCUT2D eigenvalue weighted by molar-refractivity contribution is 0.102. The maximum absolute atomic E-state index is 13.3. The summed E-state index contributed by atoms with van der Waals surface area (Å²) in [7, 11) is 0. The standard InChI is InChI=1S/C15H12ClFN2O/c16-12-4-3-11(8-13(12)17)19-15(20)10-2-1-9-5-6-18-14(9)7-10/h1-4,7-8,18H,5-6H2,(H,19,20). The van der Waals surface area contributed by atoms with Crippen molar-refractivity contribution in [1.29, 1.82) is 0 Å². The molecule has 5 heteroatoms. The van der Waals surface area contributed by atoms with E-state index in [1.807, 2.05) is 12.1 Å². The van der Waals surface area contributed by atoms with Crippen molar-refractivity contribution in [3.8, 4) is 0 Å². The van der Waals surface area contributed by atoms with Crippen molar-refractivity contribution >= 4 is 28.9 Å². The van der Waals surface area contributed by atoms with Crippen molar-refractivity contribution in [2.24, 2.45) is 0 Å². The Morgan fingerprint density at radius 3 is 2.90 bits per heavy atom. The van der Waals surface area contributed by atoms with Crippen molar-refractivity contribution in [3.05, 3.63) is 58.4 Å². The summed E-state index contributed by atoms with van der Waals surface area (Å²) in [6.45, 7) is 0.892. The van der Waals surface area contributed by atoms with E-state index in [1.54, 1.807) is 12.1 Å². The Hall–Kier alpha value is -2.07. The van der Waals surface area contributed by atoms with Gasteiger partial charge in [0.2, 0.25) is 0 Å². The van der Waals surface area contributed by atoms with Gasteiger partial charge in [-0.3, -0.25) is 4.79 Å². The predicted molar refractivity (Wildman–Crippen MR) is 78.0 cm³/mol.